The molecule has 0 aliphatic rings. The number of aromatic nitrogens is 1. The van der Waals surface area contributed by atoms with Crippen LogP contribution in [0.25, 0.3) is 10.2 Å². The van der Waals surface area contributed by atoms with Crippen molar-refractivity contribution in [3.8, 4) is 11.8 Å². The van der Waals surface area contributed by atoms with Gasteiger partial charge in [0.25, 0.3) is 5.56 Å². The number of ether oxygens (including phenoxy) is 1. The molecule has 0 unspecified atom stereocenters. The van der Waals surface area contributed by atoms with Crippen molar-refractivity contribution < 1.29 is 14.6 Å². The second-order valence-electron chi connectivity index (χ2n) is 4.00. The topological polar surface area (TPSA) is 103 Å². The van der Waals surface area contributed by atoms with Gasteiger partial charge in [-0.2, -0.15) is 5.26 Å². The molecule has 2 N–H and O–H groups in total. The smallest absolute Gasteiger partial charge is 0.306 e. The van der Waals surface area contributed by atoms with Gasteiger partial charge in [-0.3, -0.25) is 9.59 Å². The van der Waals surface area contributed by atoms with Crippen molar-refractivity contribution in [2.24, 2.45) is 0 Å². The molecule has 8 heteroatoms. The SMILES string of the molecule is CCOC(=O)CCSc1sc2c(O)cc(=O)[nH]c2c1C#N. The van der Waals surface area contributed by atoms with Crippen LogP contribution in [0.2, 0.25) is 0 Å². The monoisotopic (exact) mass is 324 g/mol. The van der Waals surface area contributed by atoms with Crippen LogP contribution in [0.3, 0.4) is 0 Å². The number of carbonyl (C=O) groups is 1. The average molecular weight is 324 g/mol. The Hall–Kier alpha value is -1.98. The molecule has 0 aliphatic carbocycles. The quantitative estimate of drug-likeness (QED) is 0.645. The first-order valence-corrected chi connectivity index (χ1v) is 7.94. The number of aromatic amines is 1. The van der Waals surface area contributed by atoms with Gasteiger partial charge in [0.1, 0.15) is 17.4 Å². The highest BCUT2D eigenvalue weighted by atomic mass is 32.2. The predicted molar refractivity (Wildman–Crippen MR) is 80.8 cm³/mol. The standard InChI is InChI=1S/C13H12N2O4S2/c1-2-19-10(18)3-4-20-13-7(6-14)11-12(21-13)8(16)5-9(17)15-11/h5H,2-4H2,1H3,(H2,15,16,17). The number of H-pyrrole nitrogens is 1. The molecule has 0 bridgehead atoms. The summed E-state index contributed by atoms with van der Waals surface area (Å²) in [5.74, 6) is 0.0269. The van der Waals surface area contributed by atoms with Crippen LogP contribution < -0.4 is 5.56 Å². The Bertz CT molecular complexity index is 773. The molecule has 2 rings (SSSR count). The third-order valence-corrected chi connectivity index (χ3v) is 5.07. The molecule has 6 nitrogen and oxygen atoms in total. The van der Waals surface area contributed by atoms with Crippen molar-refractivity contribution >= 4 is 39.3 Å². The van der Waals surface area contributed by atoms with E-state index in [1.54, 1.807) is 6.92 Å². The van der Waals surface area contributed by atoms with Crippen molar-refractivity contribution in [2.75, 3.05) is 12.4 Å². The lowest BCUT2D eigenvalue weighted by molar-refractivity contribution is -0.142. The zero-order valence-corrected chi connectivity index (χ0v) is 12.8. The molecule has 0 aliphatic heterocycles. The van der Waals surface area contributed by atoms with Crippen LogP contribution in [0.15, 0.2) is 15.1 Å². The Morgan fingerprint density at radius 3 is 3.05 bits per heavy atom. The molecule has 0 spiro atoms. The van der Waals surface area contributed by atoms with Gasteiger partial charge in [-0.15, -0.1) is 23.1 Å². The van der Waals surface area contributed by atoms with E-state index in [-0.39, 0.29) is 18.1 Å². The molecule has 0 saturated heterocycles. The molecule has 110 valence electrons. The van der Waals surface area contributed by atoms with E-state index in [0.29, 0.717) is 32.3 Å². The van der Waals surface area contributed by atoms with Crippen LogP contribution in [0.4, 0.5) is 0 Å². The molecule has 0 fully saturated rings. The summed E-state index contributed by atoms with van der Waals surface area (Å²) in [5, 5.41) is 19.0. The Morgan fingerprint density at radius 2 is 2.38 bits per heavy atom. The molecule has 0 atom stereocenters. The number of carbonyl (C=O) groups excluding carboxylic acids is 1. The first-order chi connectivity index (χ1) is 10.1. The van der Waals surface area contributed by atoms with E-state index in [1.165, 1.54) is 23.1 Å². The molecule has 0 amide bonds. The van der Waals surface area contributed by atoms with Crippen LogP contribution >= 0.6 is 23.1 Å². The van der Waals surface area contributed by atoms with E-state index in [4.69, 9.17) is 4.74 Å². The Kier molecular flexibility index (Phi) is 4.88. The number of aromatic hydroxyl groups is 1. The maximum Gasteiger partial charge on any atom is 0.306 e. The maximum atomic E-state index is 11.4. The summed E-state index contributed by atoms with van der Waals surface area (Å²) in [7, 11) is 0. The second-order valence-corrected chi connectivity index (χ2v) is 6.39. The van der Waals surface area contributed by atoms with Gasteiger partial charge in [0.2, 0.25) is 0 Å². The van der Waals surface area contributed by atoms with Crippen LogP contribution in [0.5, 0.6) is 5.75 Å². The normalized spacial score (nSPS) is 10.5. The summed E-state index contributed by atoms with van der Waals surface area (Å²) in [4.78, 5) is 25.2. The zero-order valence-electron chi connectivity index (χ0n) is 11.1. The van der Waals surface area contributed by atoms with Gasteiger partial charge >= 0.3 is 5.97 Å². The highest BCUT2D eigenvalue weighted by Crippen LogP contribution is 2.39. The third-order valence-electron chi connectivity index (χ3n) is 2.58. The number of thiophene rings is 1. The molecule has 0 aromatic carbocycles. The fourth-order valence-electron chi connectivity index (χ4n) is 1.72. The highest BCUT2D eigenvalue weighted by molar-refractivity contribution is 8.01. The van der Waals surface area contributed by atoms with Gasteiger partial charge in [-0.1, -0.05) is 0 Å². The minimum absolute atomic E-state index is 0.146. The van der Waals surface area contributed by atoms with Gasteiger partial charge in [0.15, 0.2) is 0 Å². The van der Waals surface area contributed by atoms with E-state index >= 15 is 0 Å². The van der Waals surface area contributed by atoms with Gasteiger partial charge in [0.05, 0.1) is 27.5 Å². The summed E-state index contributed by atoms with van der Waals surface area (Å²) in [6.07, 6.45) is 0.236. The lowest BCUT2D eigenvalue weighted by Gasteiger charge is -2.00. The highest BCUT2D eigenvalue weighted by Gasteiger charge is 2.16. The fourth-order valence-corrected chi connectivity index (χ4v) is 4.06. The summed E-state index contributed by atoms with van der Waals surface area (Å²) < 4.78 is 5.95. The number of nitrogens with zero attached hydrogens (tertiary/aromatic N) is 1. The second kappa shape index (κ2) is 6.65. The van der Waals surface area contributed by atoms with Gasteiger partial charge < -0.3 is 14.8 Å². The number of pyridine rings is 1. The van der Waals surface area contributed by atoms with E-state index in [9.17, 15) is 20.0 Å². The number of nitriles is 1. The Morgan fingerprint density at radius 1 is 1.62 bits per heavy atom. The van der Waals surface area contributed by atoms with E-state index in [2.05, 4.69) is 4.98 Å². The number of rotatable bonds is 5. The zero-order chi connectivity index (χ0) is 15.4. The molecule has 2 aromatic rings. The summed E-state index contributed by atoms with van der Waals surface area (Å²) in [6, 6.07) is 3.10. The maximum absolute atomic E-state index is 11.4. The predicted octanol–water partition coefficient (Wildman–Crippen LogP) is 2.21. The number of hydrogen-bond acceptors (Lipinski definition) is 7. The molecular formula is C13H12N2O4S2. The van der Waals surface area contributed by atoms with Gasteiger partial charge in [0, 0.05) is 11.8 Å². The molecule has 2 heterocycles. The Balaban J connectivity index is 2.25. The molecule has 2 aromatic heterocycles. The van der Waals surface area contributed by atoms with Crippen LogP contribution in [-0.2, 0) is 9.53 Å². The summed E-state index contributed by atoms with van der Waals surface area (Å²) >= 11 is 2.55. The molecule has 0 saturated carbocycles. The minimum atomic E-state index is -0.461. The number of thioether (sulfide) groups is 1. The third kappa shape index (κ3) is 3.37. The minimum Gasteiger partial charge on any atom is -0.506 e. The number of fused-ring (bicyclic) bond motifs is 1. The molecule has 0 radical (unpaired) electrons. The van der Waals surface area contributed by atoms with Crippen molar-refractivity contribution in [3.63, 3.8) is 0 Å². The Labute approximate surface area is 128 Å². The van der Waals surface area contributed by atoms with Gasteiger partial charge in [-0.25, -0.2) is 0 Å². The average Bonchev–Trinajstić information content (AvgIpc) is 2.77. The number of esters is 1. The van der Waals surface area contributed by atoms with Crippen LogP contribution in [-0.4, -0.2) is 28.4 Å². The molecular weight excluding hydrogens is 312 g/mol. The molecule has 21 heavy (non-hydrogen) atoms. The van der Waals surface area contributed by atoms with Crippen molar-refractivity contribution in [1.82, 2.24) is 4.98 Å². The van der Waals surface area contributed by atoms with Crippen molar-refractivity contribution in [2.45, 2.75) is 17.6 Å². The van der Waals surface area contributed by atoms with Crippen LogP contribution in [0.1, 0.15) is 18.9 Å². The van der Waals surface area contributed by atoms with Crippen molar-refractivity contribution in [1.29, 1.82) is 5.26 Å². The first kappa shape index (κ1) is 15.4. The van der Waals surface area contributed by atoms with Crippen molar-refractivity contribution in [3.05, 3.63) is 22.0 Å². The lowest BCUT2D eigenvalue weighted by atomic mass is 10.3. The van der Waals surface area contributed by atoms with E-state index in [0.717, 1.165) is 6.07 Å². The number of hydrogen-bond donors (Lipinski definition) is 2. The summed E-state index contributed by atoms with van der Waals surface area (Å²) in [5.41, 5.74) is 0.195. The fraction of sp³-hybridized carbons (Fsp3) is 0.308. The lowest BCUT2D eigenvalue weighted by Crippen LogP contribution is -2.04. The summed E-state index contributed by atoms with van der Waals surface area (Å²) in [6.45, 7) is 2.08. The van der Waals surface area contributed by atoms with E-state index in [1.807, 2.05) is 6.07 Å². The van der Waals surface area contributed by atoms with Crippen LogP contribution in [0, 0.1) is 11.3 Å². The first-order valence-electron chi connectivity index (χ1n) is 6.14. The van der Waals surface area contributed by atoms with E-state index < -0.39 is 5.56 Å². The van der Waals surface area contributed by atoms with Gasteiger partial charge in [-0.05, 0) is 6.92 Å². The largest absolute Gasteiger partial charge is 0.506 e. The number of nitrogens with one attached hydrogen (secondary N) is 1.